The van der Waals surface area contributed by atoms with E-state index in [9.17, 15) is 9.59 Å². The molecule has 2 amide bonds. The third-order valence-electron chi connectivity index (χ3n) is 5.22. The van der Waals surface area contributed by atoms with Crippen LogP contribution in [-0.2, 0) is 17.9 Å². The van der Waals surface area contributed by atoms with Crippen LogP contribution in [0.1, 0.15) is 23.6 Å². The maximum atomic E-state index is 13.1. The van der Waals surface area contributed by atoms with Gasteiger partial charge in [-0.1, -0.05) is 59.6 Å². The molecule has 3 aromatic carbocycles. The second-order valence-corrected chi connectivity index (χ2v) is 11.0. The molecule has 0 N–H and O–H groups in total. The van der Waals surface area contributed by atoms with Crippen molar-refractivity contribution in [3.63, 3.8) is 0 Å². The maximum absolute atomic E-state index is 13.1. The molecule has 1 aliphatic rings. The van der Waals surface area contributed by atoms with Gasteiger partial charge in [0, 0.05) is 20.1 Å². The van der Waals surface area contributed by atoms with Crippen molar-refractivity contribution in [2.75, 3.05) is 6.61 Å². The molecule has 1 fully saturated rings. The average Bonchev–Trinajstić information content (AvgIpc) is 3.12. The smallest absolute Gasteiger partial charge is 0.293 e. The molecule has 0 atom stereocenters. The van der Waals surface area contributed by atoms with Crippen LogP contribution < -0.4 is 9.47 Å². The molecule has 3 aromatic rings. The van der Waals surface area contributed by atoms with E-state index < -0.39 is 11.1 Å². The first kappa shape index (κ1) is 27.1. The number of thioether (sulfide) groups is 1. The molecule has 0 bridgehead atoms. The Kier molecular flexibility index (Phi) is 9.06. The molecule has 4 rings (SSSR count). The van der Waals surface area contributed by atoms with Crippen molar-refractivity contribution < 1.29 is 19.1 Å². The van der Waals surface area contributed by atoms with Crippen molar-refractivity contribution in [3.8, 4) is 11.5 Å². The van der Waals surface area contributed by atoms with E-state index in [-0.39, 0.29) is 11.4 Å². The van der Waals surface area contributed by atoms with Gasteiger partial charge >= 0.3 is 0 Å². The van der Waals surface area contributed by atoms with E-state index in [2.05, 4.69) is 31.9 Å². The van der Waals surface area contributed by atoms with Crippen LogP contribution in [0.3, 0.4) is 0 Å². The van der Waals surface area contributed by atoms with E-state index in [0.717, 1.165) is 22.2 Å². The normalized spacial score (nSPS) is 14.6. The van der Waals surface area contributed by atoms with E-state index in [0.29, 0.717) is 54.8 Å². The molecule has 0 aromatic heterocycles. The predicted octanol–water partition coefficient (Wildman–Crippen LogP) is 8.73. The largest absolute Gasteiger partial charge is 0.490 e. The highest BCUT2D eigenvalue weighted by atomic mass is 79.9. The first-order valence-electron chi connectivity index (χ1n) is 10.8. The van der Waals surface area contributed by atoms with Gasteiger partial charge in [0.2, 0.25) is 0 Å². The molecule has 186 valence electrons. The summed E-state index contributed by atoms with van der Waals surface area (Å²) in [5.41, 5.74) is 2.19. The topological polar surface area (TPSA) is 55.8 Å². The van der Waals surface area contributed by atoms with Crippen LogP contribution in [0.5, 0.6) is 11.5 Å². The highest BCUT2D eigenvalue weighted by Crippen LogP contribution is 2.45. The molecule has 10 heteroatoms. The molecular weight excluding hydrogens is 653 g/mol. The number of carbonyl (C=O) groups excluding carboxylic acids is 2. The second-order valence-electron chi connectivity index (χ2n) is 7.60. The van der Waals surface area contributed by atoms with Gasteiger partial charge in [-0.05, 0) is 85.9 Å². The zero-order chi connectivity index (χ0) is 25.8. The van der Waals surface area contributed by atoms with E-state index in [1.54, 1.807) is 30.3 Å². The van der Waals surface area contributed by atoms with Crippen molar-refractivity contribution in [2.24, 2.45) is 0 Å². The van der Waals surface area contributed by atoms with Crippen LogP contribution in [0.15, 0.2) is 68.4 Å². The Bertz CT molecular complexity index is 1330. The van der Waals surface area contributed by atoms with Crippen LogP contribution >= 0.6 is 66.8 Å². The Morgan fingerprint density at radius 2 is 1.67 bits per heavy atom. The minimum Gasteiger partial charge on any atom is -0.490 e. The number of halogens is 4. The lowest BCUT2D eigenvalue weighted by Gasteiger charge is -2.17. The van der Waals surface area contributed by atoms with E-state index in [1.807, 2.05) is 37.3 Å². The Labute approximate surface area is 240 Å². The molecule has 0 unspecified atom stereocenters. The Morgan fingerprint density at radius 1 is 0.972 bits per heavy atom. The van der Waals surface area contributed by atoms with Crippen molar-refractivity contribution in [3.05, 3.63) is 95.2 Å². The summed E-state index contributed by atoms with van der Waals surface area (Å²) < 4.78 is 13.2. The summed E-state index contributed by atoms with van der Waals surface area (Å²) in [6.07, 6.45) is 1.65. The second kappa shape index (κ2) is 12.0. The van der Waals surface area contributed by atoms with Gasteiger partial charge in [-0.25, -0.2) is 0 Å². The fourth-order valence-electron chi connectivity index (χ4n) is 3.46. The fourth-order valence-corrected chi connectivity index (χ4v) is 5.75. The lowest BCUT2D eigenvalue weighted by Crippen LogP contribution is -2.27. The Hall–Kier alpha value is -1.97. The van der Waals surface area contributed by atoms with Gasteiger partial charge in [-0.2, -0.15) is 0 Å². The summed E-state index contributed by atoms with van der Waals surface area (Å²) in [6, 6.07) is 16.6. The summed E-state index contributed by atoms with van der Waals surface area (Å²) in [5, 5.41) is 0.388. The quantitative estimate of drug-likeness (QED) is 0.224. The molecule has 1 aliphatic heterocycles. The number of rotatable bonds is 8. The Balaban J connectivity index is 1.62. The van der Waals surface area contributed by atoms with E-state index >= 15 is 0 Å². The summed E-state index contributed by atoms with van der Waals surface area (Å²) in [4.78, 5) is 27.2. The number of imide groups is 1. The zero-order valence-electron chi connectivity index (χ0n) is 18.9. The zero-order valence-corrected chi connectivity index (χ0v) is 24.4. The minimum atomic E-state index is -0.425. The third kappa shape index (κ3) is 5.94. The monoisotopic (exact) mass is 669 g/mol. The highest BCUT2D eigenvalue weighted by molar-refractivity contribution is 9.13. The number of hydrogen-bond acceptors (Lipinski definition) is 5. The molecule has 0 aliphatic carbocycles. The lowest BCUT2D eigenvalue weighted by atomic mass is 10.1. The molecule has 0 spiro atoms. The minimum absolute atomic E-state index is 0.0121. The number of carbonyl (C=O) groups is 2. The lowest BCUT2D eigenvalue weighted by molar-refractivity contribution is -0.123. The van der Waals surface area contributed by atoms with Gasteiger partial charge in [-0.3, -0.25) is 14.5 Å². The molecule has 36 heavy (non-hydrogen) atoms. The highest BCUT2D eigenvalue weighted by Gasteiger charge is 2.36. The molecule has 5 nitrogen and oxygen atoms in total. The number of amides is 2. The van der Waals surface area contributed by atoms with Crippen LogP contribution in [0.25, 0.3) is 6.08 Å². The van der Waals surface area contributed by atoms with E-state index in [4.69, 9.17) is 32.7 Å². The standard InChI is InChI=1S/C26H19Br2Cl2NO4S/c1-2-34-20-11-16(22(27)23(28)24(20)35-14-15-7-4-3-5-8-15)12-21-25(32)31(26(33)36-21)13-17-18(29)9-6-10-19(17)30/h3-12H,2,13-14H2,1H3/b21-12-. The molecular formula is C26H19Br2Cl2NO4S. The average molecular weight is 672 g/mol. The van der Waals surface area contributed by atoms with Gasteiger partial charge in [0.05, 0.1) is 22.5 Å². The first-order chi connectivity index (χ1) is 17.3. The predicted molar refractivity (Wildman–Crippen MR) is 152 cm³/mol. The van der Waals surface area contributed by atoms with Crippen LogP contribution in [0.2, 0.25) is 10.0 Å². The van der Waals surface area contributed by atoms with Gasteiger partial charge in [-0.15, -0.1) is 0 Å². The maximum Gasteiger partial charge on any atom is 0.293 e. The molecule has 0 radical (unpaired) electrons. The number of hydrogen-bond donors (Lipinski definition) is 0. The van der Waals surface area contributed by atoms with E-state index in [1.165, 1.54) is 0 Å². The molecule has 1 heterocycles. The summed E-state index contributed by atoms with van der Waals surface area (Å²) >= 11 is 20.5. The summed E-state index contributed by atoms with van der Waals surface area (Å²) in [6.45, 7) is 2.64. The number of nitrogens with zero attached hydrogens (tertiary/aromatic N) is 1. The SMILES string of the molecule is CCOc1cc(/C=C2\SC(=O)N(Cc3c(Cl)cccc3Cl)C2=O)c(Br)c(Br)c1OCc1ccccc1. The van der Waals surface area contributed by atoms with Gasteiger partial charge in [0.1, 0.15) is 6.61 Å². The van der Waals surface area contributed by atoms with Crippen molar-refractivity contribution in [1.29, 1.82) is 0 Å². The first-order valence-corrected chi connectivity index (χ1v) is 14.0. The Morgan fingerprint density at radius 3 is 2.33 bits per heavy atom. The van der Waals surface area contributed by atoms with Crippen molar-refractivity contribution in [1.82, 2.24) is 4.90 Å². The van der Waals surface area contributed by atoms with Crippen LogP contribution in [-0.4, -0.2) is 22.7 Å². The number of ether oxygens (including phenoxy) is 2. The summed E-state index contributed by atoms with van der Waals surface area (Å²) in [7, 11) is 0. The fraction of sp³-hybridized carbons (Fsp3) is 0.154. The van der Waals surface area contributed by atoms with Crippen molar-refractivity contribution >= 4 is 84.0 Å². The van der Waals surface area contributed by atoms with Gasteiger partial charge in [0.25, 0.3) is 11.1 Å². The third-order valence-corrected chi connectivity index (χ3v) is 8.98. The number of benzene rings is 3. The van der Waals surface area contributed by atoms with Gasteiger partial charge < -0.3 is 9.47 Å². The summed E-state index contributed by atoms with van der Waals surface area (Å²) in [5.74, 6) is 0.620. The van der Waals surface area contributed by atoms with Crippen molar-refractivity contribution in [2.45, 2.75) is 20.1 Å². The van der Waals surface area contributed by atoms with Crippen LogP contribution in [0, 0.1) is 0 Å². The van der Waals surface area contributed by atoms with Crippen LogP contribution in [0.4, 0.5) is 4.79 Å². The molecule has 0 saturated carbocycles. The van der Waals surface area contributed by atoms with Gasteiger partial charge in [0.15, 0.2) is 11.5 Å². The molecule has 1 saturated heterocycles.